The molecule has 2 heterocycles. The molecule has 0 atom stereocenters. The first-order valence-corrected chi connectivity index (χ1v) is 10.8. The average molecular weight is 414 g/mol. The Labute approximate surface area is 170 Å². The van der Waals surface area contributed by atoms with Crippen LogP contribution in [0.1, 0.15) is 27.3 Å². The lowest BCUT2D eigenvalue weighted by Gasteiger charge is -2.09. The van der Waals surface area contributed by atoms with Gasteiger partial charge in [-0.05, 0) is 37.6 Å². The van der Waals surface area contributed by atoms with Crippen LogP contribution in [0.25, 0.3) is 5.82 Å². The minimum absolute atomic E-state index is 0.00215. The maximum absolute atomic E-state index is 12.2. The Morgan fingerprint density at radius 2 is 1.86 bits per heavy atom. The summed E-state index contributed by atoms with van der Waals surface area (Å²) in [6.45, 7) is 4.04. The Bertz CT molecular complexity index is 1080. The molecule has 0 saturated heterocycles. The number of hydrogen-bond acceptors (Lipinski definition) is 5. The molecule has 2 N–H and O–H groups in total. The molecule has 29 heavy (non-hydrogen) atoms. The van der Waals surface area contributed by atoms with Gasteiger partial charge in [-0.15, -0.1) is 0 Å². The van der Waals surface area contributed by atoms with E-state index >= 15 is 0 Å². The van der Waals surface area contributed by atoms with Gasteiger partial charge in [0.2, 0.25) is 10.0 Å². The number of carbonyl (C=O) groups is 1. The largest absolute Gasteiger partial charge is 0.351 e. The third-order valence-electron chi connectivity index (χ3n) is 4.23. The smallest absolute Gasteiger partial charge is 0.252 e. The number of rotatable bonds is 8. The van der Waals surface area contributed by atoms with Gasteiger partial charge in [0.1, 0.15) is 0 Å². The maximum atomic E-state index is 12.2. The fourth-order valence-corrected chi connectivity index (χ4v) is 3.67. The quantitative estimate of drug-likeness (QED) is 0.585. The molecule has 3 rings (SSSR count). The molecule has 1 amide bonds. The van der Waals surface area contributed by atoms with Gasteiger partial charge in [-0.2, -0.15) is 5.10 Å². The van der Waals surface area contributed by atoms with E-state index in [1.807, 2.05) is 50.2 Å². The lowest BCUT2D eigenvalue weighted by atomic mass is 10.2. The summed E-state index contributed by atoms with van der Waals surface area (Å²) in [5, 5.41) is 6.96. The Kier molecular flexibility index (Phi) is 6.40. The van der Waals surface area contributed by atoms with Crippen LogP contribution in [0, 0.1) is 13.8 Å². The SMILES string of the molecule is Cc1cc(C)n(-c2ccc(C(=O)NCCS(=O)(=O)NCc3ccccc3)cn2)n1. The van der Waals surface area contributed by atoms with Crippen LogP contribution in [0.5, 0.6) is 0 Å². The second-order valence-electron chi connectivity index (χ2n) is 6.63. The van der Waals surface area contributed by atoms with Crippen molar-refractivity contribution in [1.29, 1.82) is 0 Å². The number of amides is 1. The van der Waals surface area contributed by atoms with Gasteiger partial charge in [0.25, 0.3) is 5.91 Å². The predicted molar refractivity (Wildman–Crippen MR) is 110 cm³/mol. The molecule has 0 radical (unpaired) electrons. The van der Waals surface area contributed by atoms with E-state index in [-0.39, 0.29) is 24.7 Å². The van der Waals surface area contributed by atoms with Crippen molar-refractivity contribution in [3.8, 4) is 5.82 Å². The Morgan fingerprint density at radius 3 is 2.48 bits per heavy atom. The molecule has 0 aliphatic heterocycles. The molecular weight excluding hydrogens is 390 g/mol. The fourth-order valence-electron chi connectivity index (χ4n) is 2.77. The maximum Gasteiger partial charge on any atom is 0.252 e. The van der Waals surface area contributed by atoms with Crippen molar-refractivity contribution in [2.45, 2.75) is 20.4 Å². The Hall–Kier alpha value is -3.04. The molecule has 0 bridgehead atoms. The third-order valence-corrected chi connectivity index (χ3v) is 5.56. The minimum Gasteiger partial charge on any atom is -0.351 e. The monoisotopic (exact) mass is 413 g/mol. The summed E-state index contributed by atoms with van der Waals surface area (Å²) >= 11 is 0. The van der Waals surface area contributed by atoms with Crippen LogP contribution in [0.2, 0.25) is 0 Å². The second-order valence-corrected chi connectivity index (χ2v) is 8.55. The Morgan fingerprint density at radius 1 is 1.10 bits per heavy atom. The number of hydrogen-bond donors (Lipinski definition) is 2. The number of nitrogens with zero attached hydrogens (tertiary/aromatic N) is 3. The van der Waals surface area contributed by atoms with Crippen molar-refractivity contribution in [3.05, 3.63) is 77.2 Å². The van der Waals surface area contributed by atoms with Gasteiger partial charge >= 0.3 is 0 Å². The van der Waals surface area contributed by atoms with Gasteiger partial charge in [0.15, 0.2) is 5.82 Å². The van der Waals surface area contributed by atoms with E-state index in [9.17, 15) is 13.2 Å². The summed E-state index contributed by atoms with van der Waals surface area (Å²) in [4.78, 5) is 16.5. The van der Waals surface area contributed by atoms with Gasteiger partial charge in [0.05, 0.1) is 17.0 Å². The first kappa shape index (κ1) is 20.7. The lowest BCUT2D eigenvalue weighted by Crippen LogP contribution is -2.34. The fraction of sp³-hybridized carbons (Fsp3) is 0.250. The molecule has 9 heteroatoms. The summed E-state index contributed by atoms with van der Waals surface area (Å²) in [7, 11) is -3.49. The number of sulfonamides is 1. The van der Waals surface area contributed by atoms with Crippen LogP contribution < -0.4 is 10.0 Å². The normalized spacial score (nSPS) is 11.4. The van der Waals surface area contributed by atoms with Crippen molar-refractivity contribution < 1.29 is 13.2 Å². The molecule has 1 aromatic carbocycles. The first-order valence-electron chi connectivity index (χ1n) is 9.13. The van der Waals surface area contributed by atoms with E-state index in [4.69, 9.17) is 0 Å². The molecule has 152 valence electrons. The van der Waals surface area contributed by atoms with Crippen molar-refractivity contribution >= 4 is 15.9 Å². The van der Waals surface area contributed by atoms with Crippen LogP contribution >= 0.6 is 0 Å². The summed E-state index contributed by atoms with van der Waals surface area (Å²) in [6, 6.07) is 14.5. The Balaban J connectivity index is 1.50. The van der Waals surface area contributed by atoms with Crippen LogP contribution in [0.4, 0.5) is 0 Å². The number of aromatic nitrogens is 3. The summed E-state index contributed by atoms with van der Waals surface area (Å²) in [6.07, 6.45) is 1.45. The number of carbonyl (C=O) groups excluding carboxylic acids is 1. The zero-order chi connectivity index (χ0) is 20.9. The summed E-state index contributed by atoms with van der Waals surface area (Å²) in [5.41, 5.74) is 3.05. The van der Waals surface area contributed by atoms with E-state index in [0.29, 0.717) is 11.4 Å². The molecule has 2 aromatic heterocycles. The number of pyridine rings is 1. The van der Waals surface area contributed by atoms with Crippen molar-refractivity contribution in [2.75, 3.05) is 12.3 Å². The van der Waals surface area contributed by atoms with E-state index in [1.54, 1.807) is 16.8 Å². The molecule has 0 aliphatic carbocycles. The van der Waals surface area contributed by atoms with Crippen LogP contribution in [-0.2, 0) is 16.6 Å². The van der Waals surface area contributed by atoms with Crippen LogP contribution in [-0.4, -0.2) is 41.4 Å². The van der Waals surface area contributed by atoms with Crippen molar-refractivity contribution in [3.63, 3.8) is 0 Å². The predicted octanol–water partition coefficient (Wildman–Crippen LogP) is 1.73. The number of aryl methyl sites for hydroxylation is 2. The lowest BCUT2D eigenvalue weighted by molar-refractivity contribution is 0.0955. The van der Waals surface area contributed by atoms with Crippen LogP contribution in [0.3, 0.4) is 0 Å². The summed E-state index contributed by atoms with van der Waals surface area (Å²) in [5.74, 6) is 0.0264. The standard InChI is InChI=1S/C20H23N5O3S/c1-15-12-16(2)25(24-15)19-9-8-18(14-22-19)20(26)21-10-11-29(27,28)23-13-17-6-4-3-5-7-17/h3-9,12,14,23H,10-11,13H2,1-2H3,(H,21,26). The number of nitrogens with one attached hydrogen (secondary N) is 2. The molecule has 0 unspecified atom stereocenters. The topological polar surface area (TPSA) is 106 Å². The molecule has 3 aromatic rings. The van der Waals surface area contributed by atoms with Gasteiger partial charge in [-0.1, -0.05) is 30.3 Å². The highest BCUT2D eigenvalue weighted by atomic mass is 32.2. The van der Waals surface area contributed by atoms with Crippen LogP contribution in [0.15, 0.2) is 54.7 Å². The molecule has 0 spiro atoms. The van der Waals surface area contributed by atoms with E-state index in [2.05, 4.69) is 20.1 Å². The number of benzene rings is 1. The summed E-state index contributed by atoms with van der Waals surface area (Å²) < 4.78 is 28.4. The van der Waals surface area contributed by atoms with Crippen molar-refractivity contribution in [1.82, 2.24) is 24.8 Å². The van der Waals surface area contributed by atoms with Gasteiger partial charge in [0, 0.05) is 25.0 Å². The van der Waals surface area contributed by atoms with E-state index in [1.165, 1.54) is 6.20 Å². The van der Waals surface area contributed by atoms with E-state index < -0.39 is 10.0 Å². The third kappa shape index (κ3) is 5.72. The van der Waals surface area contributed by atoms with Gasteiger partial charge in [-0.25, -0.2) is 22.8 Å². The molecule has 0 aliphatic rings. The highest BCUT2D eigenvalue weighted by Crippen LogP contribution is 2.10. The highest BCUT2D eigenvalue weighted by Gasteiger charge is 2.12. The zero-order valence-corrected chi connectivity index (χ0v) is 17.1. The molecule has 0 fully saturated rings. The first-order chi connectivity index (χ1) is 13.8. The van der Waals surface area contributed by atoms with Gasteiger partial charge in [-0.3, -0.25) is 4.79 Å². The minimum atomic E-state index is -3.49. The second kappa shape index (κ2) is 8.97. The molecule has 8 nitrogen and oxygen atoms in total. The highest BCUT2D eigenvalue weighted by molar-refractivity contribution is 7.89. The molecule has 0 saturated carbocycles. The molecular formula is C20H23N5O3S. The van der Waals surface area contributed by atoms with Gasteiger partial charge < -0.3 is 5.32 Å². The zero-order valence-electron chi connectivity index (χ0n) is 16.3. The van der Waals surface area contributed by atoms with E-state index in [0.717, 1.165) is 17.0 Å². The van der Waals surface area contributed by atoms with Crippen molar-refractivity contribution in [2.24, 2.45) is 0 Å². The average Bonchev–Trinajstić information content (AvgIpc) is 3.05.